The number of nitrogens with one attached hydrogen (secondary N) is 1. The molecule has 1 heterocycles. The van der Waals surface area contributed by atoms with Crippen LogP contribution < -0.4 is 5.32 Å². The summed E-state index contributed by atoms with van der Waals surface area (Å²) in [6.07, 6.45) is 0. The zero-order valence-corrected chi connectivity index (χ0v) is 16.3. The van der Waals surface area contributed by atoms with Crippen LogP contribution in [0.2, 0.25) is 0 Å². The fourth-order valence-corrected chi connectivity index (χ4v) is 3.65. The van der Waals surface area contributed by atoms with Gasteiger partial charge in [-0.15, -0.1) is 11.3 Å². The summed E-state index contributed by atoms with van der Waals surface area (Å²) in [6.45, 7) is 8.31. The molecule has 1 aromatic heterocycles. The molecular weight excluding hydrogens is 362 g/mol. The van der Waals surface area contributed by atoms with Crippen molar-refractivity contribution in [2.45, 2.75) is 27.7 Å². The number of carbonyl (C=O) groups excluding carboxylic acids is 1. The minimum atomic E-state index is -0.497. The number of aryl methyl sites for hydroxylation is 2. The predicted molar refractivity (Wildman–Crippen MR) is 108 cm³/mol. The van der Waals surface area contributed by atoms with Crippen LogP contribution in [0.25, 0.3) is 11.3 Å². The number of nitrogens with zero attached hydrogens (tertiary/aromatic N) is 2. The molecule has 27 heavy (non-hydrogen) atoms. The molecule has 0 bridgehead atoms. The Hall–Kier alpha value is -3.06. The Kier molecular flexibility index (Phi) is 5.05. The Balaban J connectivity index is 1.85. The van der Waals surface area contributed by atoms with Gasteiger partial charge in [-0.1, -0.05) is 6.07 Å². The van der Waals surface area contributed by atoms with Gasteiger partial charge < -0.3 is 0 Å². The molecule has 2 aromatic carbocycles. The van der Waals surface area contributed by atoms with Gasteiger partial charge in [0.1, 0.15) is 0 Å². The smallest absolute Gasteiger partial charge is 0.269 e. The normalized spacial score (nSPS) is 10.7. The van der Waals surface area contributed by atoms with E-state index in [1.165, 1.54) is 57.9 Å². The lowest BCUT2D eigenvalue weighted by Crippen LogP contribution is -2.11. The Morgan fingerprint density at radius 1 is 1.07 bits per heavy atom. The second-order valence-electron chi connectivity index (χ2n) is 6.43. The van der Waals surface area contributed by atoms with Gasteiger partial charge in [-0.05, 0) is 62.1 Å². The average molecular weight is 381 g/mol. The van der Waals surface area contributed by atoms with Gasteiger partial charge in [0.2, 0.25) is 0 Å². The van der Waals surface area contributed by atoms with E-state index in [9.17, 15) is 14.9 Å². The lowest BCUT2D eigenvalue weighted by atomic mass is 9.93. The summed E-state index contributed by atoms with van der Waals surface area (Å²) in [5.41, 5.74) is 6.99. The van der Waals surface area contributed by atoms with Gasteiger partial charge in [-0.2, -0.15) is 0 Å². The summed E-state index contributed by atoms with van der Waals surface area (Å²) < 4.78 is 0. The van der Waals surface area contributed by atoms with Crippen LogP contribution in [0.15, 0.2) is 35.7 Å². The number of nitro groups is 1. The maximum Gasteiger partial charge on any atom is 0.269 e. The highest BCUT2D eigenvalue weighted by Crippen LogP contribution is 2.33. The van der Waals surface area contributed by atoms with Gasteiger partial charge in [-0.3, -0.25) is 20.2 Å². The fraction of sp³-hybridized carbons (Fsp3) is 0.200. The molecule has 0 aliphatic rings. The SMILES string of the molecule is Cc1cc(C)c(C)c(-c2csc(NC(=O)c3ccc([N+](=O)[O-])cc3)n2)c1C. The number of anilines is 1. The molecule has 3 aromatic rings. The molecule has 3 rings (SSSR count). The molecule has 7 heteroatoms. The first-order valence-corrected chi connectivity index (χ1v) is 9.25. The number of hydrogen-bond acceptors (Lipinski definition) is 5. The third-order valence-electron chi connectivity index (χ3n) is 4.69. The first kappa shape index (κ1) is 18.7. The second kappa shape index (κ2) is 7.28. The Bertz CT molecular complexity index is 1010. The van der Waals surface area contributed by atoms with Crippen LogP contribution in [0.1, 0.15) is 32.6 Å². The number of benzene rings is 2. The summed E-state index contributed by atoms with van der Waals surface area (Å²) in [6, 6.07) is 7.65. The minimum Gasteiger partial charge on any atom is -0.298 e. The van der Waals surface area contributed by atoms with E-state index in [4.69, 9.17) is 0 Å². The molecule has 0 unspecified atom stereocenters. The number of thiazole rings is 1. The lowest BCUT2D eigenvalue weighted by Gasteiger charge is -2.13. The summed E-state index contributed by atoms with van der Waals surface area (Å²) in [7, 11) is 0. The average Bonchev–Trinajstić information content (AvgIpc) is 3.08. The standard InChI is InChI=1S/C20H19N3O3S/c1-11-9-12(2)14(4)18(13(11)3)17-10-27-20(21-17)22-19(24)15-5-7-16(8-6-15)23(25)26/h5-10H,1-4H3,(H,21,22,24). The van der Waals surface area contributed by atoms with E-state index in [2.05, 4.69) is 44.1 Å². The van der Waals surface area contributed by atoms with Gasteiger partial charge in [0.15, 0.2) is 5.13 Å². The van der Waals surface area contributed by atoms with Crippen molar-refractivity contribution < 1.29 is 9.72 Å². The van der Waals surface area contributed by atoms with Crippen molar-refractivity contribution in [3.05, 3.63) is 73.6 Å². The van der Waals surface area contributed by atoms with Crippen LogP contribution in [0.4, 0.5) is 10.8 Å². The van der Waals surface area contributed by atoms with E-state index in [0.717, 1.165) is 11.3 Å². The Morgan fingerprint density at radius 2 is 1.67 bits per heavy atom. The summed E-state index contributed by atoms with van der Waals surface area (Å²) in [5, 5.41) is 15.9. The van der Waals surface area contributed by atoms with Gasteiger partial charge >= 0.3 is 0 Å². The highest BCUT2D eigenvalue weighted by atomic mass is 32.1. The van der Waals surface area contributed by atoms with E-state index >= 15 is 0 Å². The highest BCUT2D eigenvalue weighted by molar-refractivity contribution is 7.14. The van der Waals surface area contributed by atoms with E-state index in [0.29, 0.717) is 10.7 Å². The van der Waals surface area contributed by atoms with Gasteiger partial charge in [0, 0.05) is 28.6 Å². The van der Waals surface area contributed by atoms with Gasteiger partial charge in [-0.25, -0.2) is 4.98 Å². The third-order valence-corrected chi connectivity index (χ3v) is 5.44. The first-order valence-electron chi connectivity index (χ1n) is 8.37. The maximum atomic E-state index is 12.4. The van der Waals surface area contributed by atoms with E-state index in [-0.39, 0.29) is 11.6 Å². The van der Waals surface area contributed by atoms with Crippen molar-refractivity contribution in [1.82, 2.24) is 4.98 Å². The number of amides is 1. The van der Waals surface area contributed by atoms with Crippen LogP contribution in [0, 0.1) is 37.8 Å². The highest BCUT2D eigenvalue weighted by Gasteiger charge is 2.15. The molecule has 138 valence electrons. The molecule has 0 radical (unpaired) electrons. The second-order valence-corrected chi connectivity index (χ2v) is 7.29. The van der Waals surface area contributed by atoms with E-state index in [1.807, 2.05) is 5.38 Å². The van der Waals surface area contributed by atoms with Crippen LogP contribution in [-0.4, -0.2) is 15.8 Å². The zero-order chi connectivity index (χ0) is 19.7. The van der Waals surface area contributed by atoms with Crippen LogP contribution in [0.5, 0.6) is 0 Å². The predicted octanol–water partition coefficient (Wildman–Crippen LogP) is 5.20. The summed E-state index contributed by atoms with van der Waals surface area (Å²) in [4.78, 5) is 27.2. The molecule has 0 saturated carbocycles. The van der Waals surface area contributed by atoms with E-state index in [1.54, 1.807) is 0 Å². The molecule has 6 nitrogen and oxygen atoms in total. The van der Waals surface area contributed by atoms with Crippen molar-refractivity contribution in [2.24, 2.45) is 0 Å². The number of carbonyl (C=O) groups is 1. The summed E-state index contributed by atoms with van der Waals surface area (Å²) >= 11 is 1.35. The quantitative estimate of drug-likeness (QED) is 0.497. The molecular formula is C20H19N3O3S. The fourth-order valence-electron chi connectivity index (χ4n) is 2.95. The zero-order valence-electron chi connectivity index (χ0n) is 15.5. The molecule has 0 atom stereocenters. The van der Waals surface area contributed by atoms with Crippen molar-refractivity contribution in [3.8, 4) is 11.3 Å². The largest absolute Gasteiger partial charge is 0.298 e. The third kappa shape index (κ3) is 3.73. The van der Waals surface area contributed by atoms with Crippen molar-refractivity contribution in [3.63, 3.8) is 0 Å². The van der Waals surface area contributed by atoms with Crippen molar-refractivity contribution in [1.29, 1.82) is 0 Å². The Morgan fingerprint density at radius 3 is 2.22 bits per heavy atom. The lowest BCUT2D eigenvalue weighted by molar-refractivity contribution is -0.384. The number of aromatic nitrogens is 1. The number of hydrogen-bond donors (Lipinski definition) is 1. The minimum absolute atomic E-state index is 0.0520. The number of rotatable bonds is 4. The van der Waals surface area contributed by atoms with Crippen LogP contribution in [0.3, 0.4) is 0 Å². The Labute approximate surface area is 161 Å². The molecule has 0 spiro atoms. The van der Waals surface area contributed by atoms with Crippen LogP contribution in [-0.2, 0) is 0 Å². The monoisotopic (exact) mass is 381 g/mol. The molecule has 1 N–H and O–H groups in total. The van der Waals surface area contributed by atoms with Crippen molar-refractivity contribution >= 4 is 28.1 Å². The molecule has 0 fully saturated rings. The van der Waals surface area contributed by atoms with Gasteiger partial charge in [0.05, 0.1) is 10.6 Å². The van der Waals surface area contributed by atoms with Crippen molar-refractivity contribution in [2.75, 3.05) is 5.32 Å². The molecule has 1 amide bonds. The summed E-state index contributed by atoms with van der Waals surface area (Å²) in [5.74, 6) is -0.348. The first-order chi connectivity index (χ1) is 12.8. The van der Waals surface area contributed by atoms with Gasteiger partial charge in [0.25, 0.3) is 11.6 Å². The van der Waals surface area contributed by atoms with E-state index < -0.39 is 4.92 Å². The molecule has 0 aliphatic carbocycles. The molecule has 0 aliphatic heterocycles. The topological polar surface area (TPSA) is 85.1 Å². The maximum absolute atomic E-state index is 12.4. The number of non-ortho nitro benzene ring substituents is 1. The number of nitro benzene ring substituents is 1. The van der Waals surface area contributed by atoms with Crippen LogP contribution >= 0.6 is 11.3 Å². The molecule has 0 saturated heterocycles.